The summed E-state index contributed by atoms with van der Waals surface area (Å²) in [7, 11) is 0. The maximum atomic E-state index is 12.5. The first kappa shape index (κ1) is 17.9. The molecule has 26 heavy (non-hydrogen) atoms. The van der Waals surface area contributed by atoms with Crippen LogP contribution in [0.5, 0.6) is 0 Å². The maximum Gasteiger partial charge on any atom is 0.293 e. The lowest BCUT2D eigenvalue weighted by Crippen LogP contribution is -2.36. The van der Waals surface area contributed by atoms with Gasteiger partial charge in [0.15, 0.2) is 0 Å². The minimum Gasteiger partial charge on any atom is -0.464 e. The highest BCUT2D eigenvalue weighted by molar-refractivity contribution is 5.96. The number of amides is 1. The molecule has 1 fully saturated rings. The molecule has 1 atom stereocenters. The molecule has 0 radical (unpaired) electrons. The third kappa shape index (κ3) is 3.85. The van der Waals surface area contributed by atoms with Gasteiger partial charge in [0.1, 0.15) is 17.2 Å². The van der Waals surface area contributed by atoms with E-state index < -0.39 is 4.92 Å². The van der Waals surface area contributed by atoms with Crippen LogP contribution >= 0.6 is 0 Å². The molecule has 1 aliphatic heterocycles. The van der Waals surface area contributed by atoms with Gasteiger partial charge in [-0.2, -0.15) is 0 Å². The normalized spacial score (nSPS) is 15.5. The number of furan rings is 1. The molecule has 8 nitrogen and oxygen atoms in total. The molecule has 1 unspecified atom stereocenters. The SMILES string of the molecule is Cc1ccc(C(C)NC(=O)c2ccc(N3CCOCC3)c([N+](=O)[O-])c2)o1. The van der Waals surface area contributed by atoms with E-state index in [2.05, 4.69) is 5.32 Å². The topological polar surface area (TPSA) is 97.9 Å². The molecular formula is C18H21N3O5. The Labute approximate surface area is 150 Å². The number of nitro benzene ring substituents is 1. The molecule has 3 rings (SSSR count). The quantitative estimate of drug-likeness (QED) is 0.651. The van der Waals surface area contributed by atoms with Crippen molar-refractivity contribution in [2.75, 3.05) is 31.2 Å². The smallest absolute Gasteiger partial charge is 0.293 e. The lowest BCUT2D eigenvalue weighted by molar-refractivity contribution is -0.384. The van der Waals surface area contributed by atoms with Crippen molar-refractivity contribution in [3.63, 3.8) is 0 Å². The molecule has 2 heterocycles. The summed E-state index contributed by atoms with van der Waals surface area (Å²) in [4.78, 5) is 25.4. The highest BCUT2D eigenvalue weighted by Crippen LogP contribution is 2.30. The second-order valence-electron chi connectivity index (χ2n) is 6.20. The standard InChI is InChI=1S/C18H21N3O5/c1-12-3-6-17(26-12)13(2)19-18(22)14-4-5-15(16(11-14)21(23)24)20-7-9-25-10-8-20/h3-6,11,13H,7-10H2,1-2H3,(H,19,22). The Hall–Kier alpha value is -2.87. The number of aryl methyl sites for hydroxylation is 1. The van der Waals surface area contributed by atoms with Gasteiger partial charge in [-0.05, 0) is 38.1 Å². The van der Waals surface area contributed by atoms with Crippen LogP contribution in [0.1, 0.15) is 34.8 Å². The van der Waals surface area contributed by atoms with E-state index in [-0.39, 0.29) is 23.2 Å². The molecule has 0 saturated carbocycles. The molecule has 138 valence electrons. The van der Waals surface area contributed by atoms with Crippen molar-refractivity contribution >= 4 is 17.3 Å². The van der Waals surface area contributed by atoms with Crippen molar-refractivity contribution in [1.29, 1.82) is 0 Å². The van der Waals surface area contributed by atoms with Crippen molar-refractivity contribution in [2.45, 2.75) is 19.9 Å². The van der Waals surface area contributed by atoms with E-state index >= 15 is 0 Å². The van der Waals surface area contributed by atoms with Gasteiger partial charge in [-0.15, -0.1) is 0 Å². The predicted molar refractivity (Wildman–Crippen MR) is 95.5 cm³/mol. The molecule has 1 amide bonds. The molecule has 8 heteroatoms. The van der Waals surface area contributed by atoms with E-state index in [1.54, 1.807) is 25.1 Å². The zero-order chi connectivity index (χ0) is 18.7. The van der Waals surface area contributed by atoms with E-state index in [1.807, 2.05) is 17.9 Å². The van der Waals surface area contributed by atoms with Gasteiger partial charge in [0.2, 0.25) is 0 Å². The van der Waals surface area contributed by atoms with Crippen LogP contribution in [-0.2, 0) is 4.74 Å². The molecule has 1 aromatic heterocycles. The Kier molecular flexibility index (Phi) is 5.22. The number of nitro groups is 1. The first-order chi connectivity index (χ1) is 12.5. The van der Waals surface area contributed by atoms with Crippen LogP contribution in [0.3, 0.4) is 0 Å². The Morgan fingerprint density at radius 2 is 2.00 bits per heavy atom. The van der Waals surface area contributed by atoms with Crippen LogP contribution in [0, 0.1) is 17.0 Å². The summed E-state index contributed by atoms with van der Waals surface area (Å²) >= 11 is 0. The number of carbonyl (C=O) groups is 1. The average Bonchev–Trinajstić information content (AvgIpc) is 3.08. The predicted octanol–water partition coefficient (Wildman–Crippen LogP) is 2.82. The summed E-state index contributed by atoms with van der Waals surface area (Å²) in [5.74, 6) is 1.00. The summed E-state index contributed by atoms with van der Waals surface area (Å²) in [5, 5.41) is 14.3. The lowest BCUT2D eigenvalue weighted by Gasteiger charge is -2.28. The number of ether oxygens (including phenoxy) is 1. The number of morpholine rings is 1. The monoisotopic (exact) mass is 359 g/mol. The van der Waals surface area contributed by atoms with Gasteiger partial charge < -0.3 is 19.4 Å². The summed E-state index contributed by atoms with van der Waals surface area (Å²) < 4.78 is 10.8. The Morgan fingerprint density at radius 1 is 1.27 bits per heavy atom. The Bertz CT molecular complexity index is 811. The Morgan fingerprint density at radius 3 is 2.62 bits per heavy atom. The van der Waals surface area contributed by atoms with Gasteiger partial charge in [0.25, 0.3) is 11.6 Å². The highest BCUT2D eigenvalue weighted by atomic mass is 16.6. The fraction of sp³-hybridized carbons (Fsp3) is 0.389. The minimum absolute atomic E-state index is 0.0824. The van der Waals surface area contributed by atoms with E-state index in [0.29, 0.717) is 37.8 Å². The summed E-state index contributed by atoms with van der Waals surface area (Å²) in [6, 6.07) is 7.83. The zero-order valence-electron chi connectivity index (χ0n) is 14.7. The number of carbonyl (C=O) groups excluding carboxylic acids is 1. The van der Waals surface area contributed by atoms with Crippen molar-refractivity contribution < 1.29 is 18.9 Å². The minimum atomic E-state index is -0.457. The third-order valence-corrected chi connectivity index (χ3v) is 4.32. The van der Waals surface area contributed by atoms with Crippen LogP contribution in [0.4, 0.5) is 11.4 Å². The summed E-state index contributed by atoms with van der Waals surface area (Å²) in [5.41, 5.74) is 0.662. The molecule has 1 N–H and O–H groups in total. The largest absolute Gasteiger partial charge is 0.464 e. The van der Waals surface area contributed by atoms with E-state index in [0.717, 1.165) is 5.76 Å². The molecule has 0 bridgehead atoms. The van der Waals surface area contributed by atoms with E-state index in [4.69, 9.17) is 9.15 Å². The van der Waals surface area contributed by atoms with Gasteiger partial charge in [-0.1, -0.05) is 0 Å². The molecule has 0 spiro atoms. The van der Waals surface area contributed by atoms with Crippen molar-refractivity contribution in [3.8, 4) is 0 Å². The number of hydrogen-bond donors (Lipinski definition) is 1. The second kappa shape index (κ2) is 7.57. The first-order valence-electron chi connectivity index (χ1n) is 8.44. The maximum absolute atomic E-state index is 12.5. The van der Waals surface area contributed by atoms with Crippen LogP contribution in [-0.4, -0.2) is 37.1 Å². The average molecular weight is 359 g/mol. The zero-order valence-corrected chi connectivity index (χ0v) is 14.7. The van der Waals surface area contributed by atoms with Crippen molar-refractivity contribution in [2.24, 2.45) is 0 Å². The summed E-state index contributed by atoms with van der Waals surface area (Å²) in [6.45, 7) is 5.85. The van der Waals surface area contributed by atoms with Crippen LogP contribution in [0.2, 0.25) is 0 Å². The van der Waals surface area contributed by atoms with E-state index in [9.17, 15) is 14.9 Å². The van der Waals surface area contributed by atoms with Gasteiger partial charge in [-0.25, -0.2) is 0 Å². The van der Waals surface area contributed by atoms with Gasteiger partial charge in [0, 0.05) is 24.7 Å². The van der Waals surface area contributed by atoms with Crippen molar-refractivity contribution in [1.82, 2.24) is 5.32 Å². The van der Waals surface area contributed by atoms with E-state index in [1.165, 1.54) is 6.07 Å². The Balaban J connectivity index is 1.80. The number of nitrogens with one attached hydrogen (secondary N) is 1. The molecule has 0 aliphatic carbocycles. The van der Waals surface area contributed by atoms with Gasteiger partial charge in [0.05, 0.1) is 24.2 Å². The van der Waals surface area contributed by atoms with Crippen LogP contribution < -0.4 is 10.2 Å². The van der Waals surface area contributed by atoms with Crippen molar-refractivity contribution in [3.05, 3.63) is 57.5 Å². The number of hydrogen-bond acceptors (Lipinski definition) is 6. The fourth-order valence-electron chi connectivity index (χ4n) is 2.92. The molecule has 1 saturated heterocycles. The van der Waals surface area contributed by atoms with Crippen LogP contribution in [0.25, 0.3) is 0 Å². The molecule has 1 aromatic carbocycles. The second-order valence-corrected chi connectivity index (χ2v) is 6.20. The molecular weight excluding hydrogens is 338 g/mol. The van der Waals surface area contributed by atoms with Crippen LogP contribution in [0.15, 0.2) is 34.7 Å². The number of rotatable bonds is 5. The van der Waals surface area contributed by atoms with Gasteiger partial charge in [-0.3, -0.25) is 14.9 Å². The number of nitrogens with zero attached hydrogens (tertiary/aromatic N) is 2. The fourth-order valence-corrected chi connectivity index (χ4v) is 2.92. The third-order valence-electron chi connectivity index (χ3n) is 4.32. The summed E-state index contributed by atoms with van der Waals surface area (Å²) in [6.07, 6.45) is 0. The number of benzene rings is 1. The molecule has 1 aliphatic rings. The highest BCUT2D eigenvalue weighted by Gasteiger charge is 2.24. The molecule has 2 aromatic rings. The van der Waals surface area contributed by atoms with Gasteiger partial charge >= 0.3 is 0 Å². The number of anilines is 1. The lowest BCUT2D eigenvalue weighted by atomic mass is 10.1. The first-order valence-corrected chi connectivity index (χ1v) is 8.44.